The summed E-state index contributed by atoms with van der Waals surface area (Å²) in [6.07, 6.45) is -1.01. The second-order valence-electron chi connectivity index (χ2n) is 6.29. The van der Waals surface area contributed by atoms with E-state index in [9.17, 15) is 20.0 Å². The number of rotatable bonds is 3. The first-order valence-corrected chi connectivity index (χ1v) is 8.07. The minimum atomic E-state index is -1.04. The summed E-state index contributed by atoms with van der Waals surface area (Å²) in [5.74, 6) is -1.87. The van der Waals surface area contributed by atoms with Crippen LogP contribution in [0.4, 0.5) is 0 Å². The number of fused-ring (bicyclic) bond motifs is 1. The van der Waals surface area contributed by atoms with Crippen LogP contribution in [-0.4, -0.2) is 43.2 Å². The van der Waals surface area contributed by atoms with E-state index >= 15 is 0 Å². The van der Waals surface area contributed by atoms with Crippen LogP contribution in [0, 0.1) is 17.2 Å². The Hall–Kier alpha value is -2.04. The van der Waals surface area contributed by atoms with Crippen LogP contribution in [0.15, 0.2) is 24.3 Å². The lowest BCUT2D eigenvalue weighted by Crippen LogP contribution is -2.61. The van der Waals surface area contributed by atoms with E-state index in [0.717, 1.165) is 0 Å². The Morgan fingerprint density at radius 2 is 2.00 bits per heavy atom. The van der Waals surface area contributed by atoms with Crippen molar-refractivity contribution in [2.45, 2.75) is 36.1 Å². The lowest BCUT2D eigenvalue weighted by atomic mass is 9.85. The van der Waals surface area contributed by atoms with Crippen molar-refractivity contribution in [1.29, 1.82) is 5.26 Å². The van der Waals surface area contributed by atoms with E-state index in [4.69, 9.17) is 5.11 Å². The lowest BCUT2D eigenvalue weighted by Gasteiger charge is -2.45. The largest absolute Gasteiger partial charge is 0.478 e. The van der Waals surface area contributed by atoms with Gasteiger partial charge in [0.05, 0.1) is 29.0 Å². The molecule has 1 amide bonds. The number of aliphatic hydroxyl groups excluding tert-OH is 1. The molecule has 2 heterocycles. The maximum absolute atomic E-state index is 12.4. The molecule has 0 aromatic heterocycles. The maximum Gasteiger partial charge on any atom is 0.335 e. The van der Waals surface area contributed by atoms with Crippen molar-refractivity contribution in [2.24, 2.45) is 5.92 Å². The third-order valence-corrected chi connectivity index (χ3v) is 6.04. The first kappa shape index (κ1) is 15.8. The quantitative estimate of drug-likeness (QED) is 0.816. The molecule has 6 nitrogen and oxygen atoms in total. The number of nitrogens with zero attached hydrogens (tertiary/aromatic N) is 2. The Labute approximate surface area is 137 Å². The fourth-order valence-electron chi connectivity index (χ4n) is 3.16. The Balaban J connectivity index is 1.82. The molecule has 7 heteroatoms. The minimum Gasteiger partial charge on any atom is -0.478 e. The van der Waals surface area contributed by atoms with E-state index < -0.39 is 24.0 Å². The number of aliphatic hydroxyl groups is 1. The third-order valence-electron chi connectivity index (χ3n) is 4.44. The van der Waals surface area contributed by atoms with Crippen molar-refractivity contribution < 1.29 is 19.8 Å². The number of carboxylic acid groups (broad SMARTS) is 1. The van der Waals surface area contributed by atoms with Gasteiger partial charge in [-0.15, -0.1) is 11.8 Å². The van der Waals surface area contributed by atoms with Crippen molar-refractivity contribution in [1.82, 2.24) is 4.90 Å². The second-order valence-corrected chi connectivity index (χ2v) is 8.06. The van der Waals surface area contributed by atoms with Crippen molar-refractivity contribution in [3.8, 4) is 6.07 Å². The van der Waals surface area contributed by atoms with Crippen LogP contribution in [-0.2, 0) is 4.79 Å². The smallest absolute Gasteiger partial charge is 0.335 e. The van der Waals surface area contributed by atoms with E-state index in [-0.39, 0.29) is 21.6 Å². The van der Waals surface area contributed by atoms with Gasteiger partial charge in [0.15, 0.2) is 0 Å². The van der Waals surface area contributed by atoms with Crippen molar-refractivity contribution in [2.75, 3.05) is 0 Å². The Morgan fingerprint density at radius 3 is 2.52 bits per heavy atom. The molecule has 0 saturated carbocycles. The van der Waals surface area contributed by atoms with Gasteiger partial charge in [0.25, 0.3) is 0 Å². The van der Waals surface area contributed by atoms with Gasteiger partial charge in [0.1, 0.15) is 6.04 Å². The van der Waals surface area contributed by atoms with Gasteiger partial charge < -0.3 is 15.1 Å². The number of carbonyl (C=O) groups is 2. The normalized spacial score (nSPS) is 29.4. The van der Waals surface area contributed by atoms with Crippen LogP contribution in [0.25, 0.3) is 0 Å². The second kappa shape index (κ2) is 5.25. The standard InChI is InChI=1S/C16H16N2O4S/c1-16(2)10(7-17)18-13(20)11(14(18)23-16)12(19)8-3-5-9(6-4-8)15(21)22/h3-6,10-12,14,19H,1-2H3,(H,21,22)/t10-,11+,12?,14+/m0/s1. The summed E-state index contributed by atoms with van der Waals surface area (Å²) in [4.78, 5) is 24.8. The predicted molar refractivity (Wildman–Crippen MR) is 83.6 cm³/mol. The summed E-state index contributed by atoms with van der Waals surface area (Å²) >= 11 is 1.52. The molecule has 3 rings (SSSR count). The molecule has 2 N–H and O–H groups in total. The Kier molecular flexibility index (Phi) is 3.62. The number of hydrogen-bond acceptors (Lipinski definition) is 5. The van der Waals surface area contributed by atoms with Gasteiger partial charge in [-0.2, -0.15) is 5.26 Å². The van der Waals surface area contributed by atoms with E-state index in [2.05, 4.69) is 6.07 Å². The lowest BCUT2D eigenvalue weighted by molar-refractivity contribution is -0.159. The summed E-state index contributed by atoms with van der Waals surface area (Å²) in [7, 11) is 0. The summed E-state index contributed by atoms with van der Waals surface area (Å²) in [5.41, 5.74) is 0.634. The molecule has 0 spiro atoms. The molecule has 4 atom stereocenters. The average Bonchev–Trinajstić information content (AvgIpc) is 2.74. The summed E-state index contributed by atoms with van der Waals surface area (Å²) in [5, 5.41) is 28.5. The monoisotopic (exact) mass is 332 g/mol. The van der Waals surface area contributed by atoms with Gasteiger partial charge in [-0.3, -0.25) is 4.79 Å². The van der Waals surface area contributed by atoms with Crippen LogP contribution in [0.1, 0.15) is 35.9 Å². The van der Waals surface area contributed by atoms with Crippen molar-refractivity contribution in [3.63, 3.8) is 0 Å². The number of thioether (sulfide) groups is 1. The molecule has 1 aromatic carbocycles. The molecule has 0 radical (unpaired) electrons. The molecule has 1 aromatic rings. The highest BCUT2D eigenvalue weighted by molar-refractivity contribution is 8.01. The minimum absolute atomic E-state index is 0.128. The first-order chi connectivity index (χ1) is 10.8. The number of β-lactam (4-membered cyclic amide) rings is 1. The first-order valence-electron chi connectivity index (χ1n) is 7.19. The van der Waals surface area contributed by atoms with E-state index in [1.165, 1.54) is 36.0 Å². The maximum atomic E-state index is 12.4. The average molecular weight is 332 g/mol. The molecule has 2 aliphatic heterocycles. The van der Waals surface area contributed by atoms with Crippen molar-refractivity contribution >= 4 is 23.6 Å². The van der Waals surface area contributed by atoms with Gasteiger partial charge in [-0.1, -0.05) is 12.1 Å². The Bertz CT molecular complexity index is 710. The van der Waals surface area contributed by atoms with Crippen molar-refractivity contribution in [3.05, 3.63) is 35.4 Å². The SMILES string of the molecule is CC1(C)S[C@@H]2[C@H](C(O)c3ccc(C(=O)O)cc3)C(=O)N2[C@H]1C#N. The van der Waals surface area contributed by atoms with Crippen LogP contribution in [0.2, 0.25) is 0 Å². The van der Waals surface area contributed by atoms with E-state index in [0.29, 0.717) is 5.56 Å². The summed E-state index contributed by atoms with van der Waals surface area (Å²) < 4.78 is -0.378. The fourth-order valence-corrected chi connectivity index (χ4v) is 4.83. The number of hydrogen-bond donors (Lipinski definition) is 2. The number of amides is 1. The molecule has 23 heavy (non-hydrogen) atoms. The molecule has 2 fully saturated rings. The van der Waals surface area contributed by atoms with Gasteiger partial charge in [-0.05, 0) is 31.5 Å². The van der Waals surface area contributed by atoms with Gasteiger partial charge in [0, 0.05) is 4.75 Å². The molecule has 0 aliphatic carbocycles. The topological polar surface area (TPSA) is 102 Å². The number of carbonyl (C=O) groups excluding carboxylic acids is 1. The van der Waals surface area contributed by atoms with Gasteiger partial charge in [-0.25, -0.2) is 4.79 Å². The number of aromatic carboxylic acids is 1. The van der Waals surface area contributed by atoms with Crippen LogP contribution in [0.5, 0.6) is 0 Å². The van der Waals surface area contributed by atoms with Crippen LogP contribution in [0.3, 0.4) is 0 Å². The summed E-state index contributed by atoms with van der Waals surface area (Å²) in [6.45, 7) is 3.84. The zero-order valence-corrected chi connectivity index (χ0v) is 13.4. The van der Waals surface area contributed by atoms with E-state index in [1.807, 2.05) is 13.8 Å². The van der Waals surface area contributed by atoms with Gasteiger partial charge in [0.2, 0.25) is 5.91 Å². The third kappa shape index (κ3) is 2.30. The number of benzene rings is 1. The van der Waals surface area contributed by atoms with Crippen LogP contribution >= 0.6 is 11.8 Å². The molecule has 1 unspecified atom stereocenters. The molecule has 120 valence electrons. The zero-order valence-electron chi connectivity index (χ0n) is 12.6. The zero-order chi connectivity index (χ0) is 16.9. The number of carboxylic acids is 1. The van der Waals surface area contributed by atoms with Crippen LogP contribution < -0.4 is 0 Å². The molecule has 2 aliphatic rings. The highest BCUT2D eigenvalue weighted by atomic mass is 32.2. The Morgan fingerprint density at radius 1 is 1.39 bits per heavy atom. The predicted octanol–water partition coefficient (Wildman–Crippen LogP) is 1.62. The highest BCUT2D eigenvalue weighted by Crippen LogP contribution is 2.55. The summed E-state index contributed by atoms with van der Waals surface area (Å²) in [6, 6.07) is 7.54. The fraction of sp³-hybridized carbons (Fsp3) is 0.438. The molecule has 0 bridgehead atoms. The number of nitriles is 1. The van der Waals surface area contributed by atoms with Gasteiger partial charge >= 0.3 is 5.97 Å². The molecule has 2 saturated heterocycles. The highest BCUT2D eigenvalue weighted by Gasteiger charge is 2.63. The molecular weight excluding hydrogens is 316 g/mol. The van der Waals surface area contributed by atoms with E-state index in [1.54, 1.807) is 4.90 Å². The molecular formula is C16H16N2O4S.